The smallest absolute Gasteiger partial charge is 0.162 e. The molecule has 2 N–H and O–H groups in total. The van der Waals surface area contributed by atoms with Crippen molar-refractivity contribution in [3.63, 3.8) is 0 Å². The quantitative estimate of drug-likeness (QED) is 0.754. The molecule has 106 valence electrons. The van der Waals surface area contributed by atoms with Crippen LogP contribution in [0.15, 0.2) is 18.2 Å². The van der Waals surface area contributed by atoms with E-state index in [0.29, 0.717) is 24.3 Å². The fourth-order valence-electron chi connectivity index (χ4n) is 2.67. The lowest BCUT2D eigenvalue weighted by molar-refractivity contribution is 0.316. The molecule has 0 atom stereocenters. The first-order valence-corrected chi connectivity index (χ1v) is 7.35. The minimum atomic E-state index is 0.275. The Kier molecular flexibility index (Phi) is 4.70. The van der Waals surface area contributed by atoms with Crippen molar-refractivity contribution in [3.05, 3.63) is 23.8 Å². The van der Waals surface area contributed by atoms with E-state index >= 15 is 0 Å². The van der Waals surface area contributed by atoms with E-state index in [9.17, 15) is 5.11 Å². The summed E-state index contributed by atoms with van der Waals surface area (Å²) < 4.78 is 5.40. The third-order valence-electron chi connectivity index (χ3n) is 3.94. The molecule has 0 saturated heterocycles. The number of benzene rings is 1. The molecule has 0 amide bonds. The number of hydrogen-bond acceptors (Lipinski definition) is 3. The summed E-state index contributed by atoms with van der Waals surface area (Å²) >= 11 is 0. The number of hydrogen-bond donors (Lipinski definition) is 2. The Labute approximate surface area is 116 Å². The summed E-state index contributed by atoms with van der Waals surface area (Å²) in [7, 11) is 0. The molecule has 1 aromatic rings. The van der Waals surface area contributed by atoms with Crippen LogP contribution < -0.4 is 10.1 Å². The highest BCUT2D eigenvalue weighted by Crippen LogP contribution is 2.49. The van der Waals surface area contributed by atoms with E-state index in [1.165, 1.54) is 25.7 Å². The SMILES string of the molecule is CCCC1(CNCc2cccc(OCC)c2O)CC1. The molecule has 1 fully saturated rings. The average Bonchev–Trinajstić information content (AvgIpc) is 3.15. The van der Waals surface area contributed by atoms with Crippen molar-refractivity contribution in [1.29, 1.82) is 0 Å². The molecule has 0 spiro atoms. The summed E-state index contributed by atoms with van der Waals surface area (Å²) in [6.07, 6.45) is 5.26. The molecule has 1 aromatic carbocycles. The lowest BCUT2D eigenvalue weighted by atomic mass is 10.0. The molecule has 1 aliphatic carbocycles. The van der Waals surface area contributed by atoms with Crippen LogP contribution in [0.2, 0.25) is 0 Å². The number of phenolic OH excluding ortho intramolecular Hbond substituents is 1. The van der Waals surface area contributed by atoms with Gasteiger partial charge in [-0.05, 0) is 37.7 Å². The number of ether oxygens (including phenoxy) is 1. The highest BCUT2D eigenvalue weighted by atomic mass is 16.5. The third-order valence-corrected chi connectivity index (χ3v) is 3.94. The molecule has 0 aliphatic heterocycles. The zero-order valence-electron chi connectivity index (χ0n) is 12.0. The van der Waals surface area contributed by atoms with Gasteiger partial charge in [0.25, 0.3) is 0 Å². The monoisotopic (exact) mass is 263 g/mol. The molecule has 0 heterocycles. The predicted octanol–water partition coefficient (Wildman–Crippen LogP) is 3.46. The summed E-state index contributed by atoms with van der Waals surface area (Å²) in [5.74, 6) is 0.855. The largest absolute Gasteiger partial charge is 0.504 e. The second kappa shape index (κ2) is 6.29. The maximum Gasteiger partial charge on any atom is 0.162 e. The Morgan fingerprint density at radius 3 is 2.74 bits per heavy atom. The van der Waals surface area contributed by atoms with Gasteiger partial charge in [-0.15, -0.1) is 0 Å². The van der Waals surface area contributed by atoms with Gasteiger partial charge in [0.2, 0.25) is 0 Å². The summed E-state index contributed by atoms with van der Waals surface area (Å²) in [5.41, 5.74) is 1.46. The Balaban J connectivity index is 1.87. The molecule has 0 unspecified atom stereocenters. The highest BCUT2D eigenvalue weighted by molar-refractivity contribution is 5.45. The Morgan fingerprint density at radius 1 is 1.32 bits per heavy atom. The first kappa shape index (κ1) is 14.2. The fourth-order valence-corrected chi connectivity index (χ4v) is 2.67. The van der Waals surface area contributed by atoms with Crippen molar-refractivity contribution >= 4 is 0 Å². The molecule has 0 radical (unpaired) electrons. The van der Waals surface area contributed by atoms with Gasteiger partial charge in [0.15, 0.2) is 11.5 Å². The van der Waals surface area contributed by atoms with Crippen LogP contribution in [-0.2, 0) is 6.54 Å². The van der Waals surface area contributed by atoms with Crippen LogP contribution in [-0.4, -0.2) is 18.3 Å². The van der Waals surface area contributed by atoms with Crippen LogP contribution in [0.3, 0.4) is 0 Å². The normalized spacial score (nSPS) is 16.3. The van der Waals surface area contributed by atoms with Gasteiger partial charge in [0.1, 0.15) is 0 Å². The van der Waals surface area contributed by atoms with Gasteiger partial charge in [-0.1, -0.05) is 25.5 Å². The fraction of sp³-hybridized carbons (Fsp3) is 0.625. The first-order chi connectivity index (χ1) is 9.21. The highest BCUT2D eigenvalue weighted by Gasteiger charge is 2.40. The lowest BCUT2D eigenvalue weighted by Gasteiger charge is -2.16. The molecule has 2 rings (SSSR count). The van der Waals surface area contributed by atoms with E-state index in [1.807, 2.05) is 25.1 Å². The third kappa shape index (κ3) is 3.63. The summed E-state index contributed by atoms with van der Waals surface area (Å²) in [4.78, 5) is 0. The minimum absolute atomic E-state index is 0.275. The average molecular weight is 263 g/mol. The number of para-hydroxylation sites is 1. The van der Waals surface area contributed by atoms with Gasteiger partial charge in [0.05, 0.1) is 6.61 Å². The molecule has 1 saturated carbocycles. The van der Waals surface area contributed by atoms with E-state index in [-0.39, 0.29) is 5.75 Å². The molecule has 0 bridgehead atoms. The molecule has 0 aromatic heterocycles. The molecular formula is C16H25NO2. The maximum atomic E-state index is 10.1. The summed E-state index contributed by atoms with van der Waals surface area (Å²) in [5, 5.41) is 13.6. The second-order valence-corrected chi connectivity index (χ2v) is 5.55. The van der Waals surface area contributed by atoms with E-state index in [1.54, 1.807) is 0 Å². The van der Waals surface area contributed by atoms with E-state index in [2.05, 4.69) is 12.2 Å². The zero-order valence-corrected chi connectivity index (χ0v) is 12.0. The molecule has 3 heteroatoms. The van der Waals surface area contributed by atoms with Crippen LogP contribution >= 0.6 is 0 Å². The minimum Gasteiger partial charge on any atom is -0.504 e. The topological polar surface area (TPSA) is 41.5 Å². The van der Waals surface area contributed by atoms with Crippen LogP contribution in [0.1, 0.15) is 45.1 Å². The van der Waals surface area contributed by atoms with Crippen molar-refractivity contribution in [2.75, 3.05) is 13.2 Å². The van der Waals surface area contributed by atoms with Crippen molar-refractivity contribution < 1.29 is 9.84 Å². The molecule has 1 aliphatic rings. The number of phenols is 1. The number of aromatic hydroxyl groups is 1. The predicted molar refractivity (Wildman–Crippen MR) is 77.6 cm³/mol. The van der Waals surface area contributed by atoms with Crippen LogP contribution in [0.25, 0.3) is 0 Å². The van der Waals surface area contributed by atoms with Gasteiger partial charge in [-0.2, -0.15) is 0 Å². The summed E-state index contributed by atoms with van der Waals surface area (Å²) in [6.45, 7) is 6.50. The van der Waals surface area contributed by atoms with Gasteiger partial charge >= 0.3 is 0 Å². The molecular weight excluding hydrogens is 238 g/mol. The van der Waals surface area contributed by atoms with Crippen LogP contribution in [0.4, 0.5) is 0 Å². The lowest BCUT2D eigenvalue weighted by Crippen LogP contribution is -2.23. The van der Waals surface area contributed by atoms with Gasteiger partial charge in [-0.25, -0.2) is 0 Å². The maximum absolute atomic E-state index is 10.1. The molecule has 3 nitrogen and oxygen atoms in total. The standard InChI is InChI=1S/C16H25NO2/c1-3-8-16(9-10-16)12-17-11-13-6-5-7-14(15(13)18)19-4-2/h5-7,17-18H,3-4,8-12H2,1-2H3. The Morgan fingerprint density at radius 2 is 2.11 bits per heavy atom. The summed E-state index contributed by atoms with van der Waals surface area (Å²) in [6, 6.07) is 5.69. The number of rotatable bonds is 8. The van der Waals surface area contributed by atoms with Gasteiger partial charge in [-0.3, -0.25) is 0 Å². The van der Waals surface area contributed by atoms with E-state index in [4.69, 9.17) is 4.74 Å². The first-order valence-electron chi connectivity index (χ1n) is 7.35. The van der Waals surface area contributed by atoms with Crippen molar-refractivity contribution in [2.45, 2.75) is 46.1 Å². The Bertz CT molecular complexity index is 413. The van der Waals surface area contributed by atoms with Crippen LogP contribution in [0, 0.1) is 5.41 Å². The van der Waals surface area contributed by atoms with Crippen molar-refractivity contribution in [3.8, 4) is 11.5 Å². The van der Waals surface area contributed by atoms with Gasteiger partial charge < -0.3 is 15.2 Å². The zero-order chi connectivity index (χ0) is 13.7. The van der Waals surface area contributed by atoms with E-state index < -0.39 is 0 Å². The second-order valence-electron chi connectivity index (χ2n) is 5.55. The van der Waals surface area contributed by atoms with Crippen molar-refractivity contribution in [1.82, 2.24) is 5.32 Å². The number of nitrogens with one attached hydrogen (secondary N) is 1. The molecule has 19 heavy (non-hydrogen) atoms. The van der Waals surface area contributed by atoms with E-state index in [0.717, 1.165) is 12.1 Å². The van der Waals surface area contributed by atoms with Crippen LogP contribution in [0.5, 0.6) is 11.5 Å². The van der Waals surface area contributed by atoms with Gasteiger partial charge in [0, 0.05) is 18.7 Å². The van der Waals surface area contributed by atoms with Crippen molar-refractivity contribution in [2.24, 2.45) is 5.41 Å². The Hall–Kier alpha value is -1.22.